The van der Waals surface area contributed by atoms with Gasteiger partial charge in [0, 0.05) is 17.6 Å². The standard InChI is InChI=1S/C12H11ClFN3O/c1-2-15-11-6-12(17-7-16-11)18-10-4-3-8(13)5-9(10)14/h3-7H,2H2,1H3,(H,15,16,17). The number of nitrogens with one attached hydrogen (secondary N) is 1. The van der Waals surface area contributed by atoms with Crippen molar-refractivity contribution in [1.29, 1.82) is 0 Å². The highest BCUT2D eigenvalue weighted by atomic mass is 35.5. The molecule has 94 valence electrons. The maximum atomic E-state index is 13.5. The number of halogens is 2. The van der Waals surface area contributed by atoms with E-state index in [2.05, 4.69) is 15.3 Å². The lowest BCUT2D eigenvalue weighted by Crippen LogP contribution is -2.00. The molecular weight excluding hydrogens is 257 g/mol. The highest BCUT2D eigenvalue weighted by molar-refractivity contribution is 6.30. The topological polar surface area (TPSA) is 47.0 Å². The molecule has 4 nitrogen and oxygen atoms in total. The zero-order chi connectivity index (χ0) is 13.0. The van der Waals surface area contributed by atoms with E-state index in [-0.39, 0.29) is 11.6 Å². The molecular formula is C12H11ClFN3O. The molecule has 0 aliphatic heterocycles. The predicted octanol–water partition coefficient (Wildman–Crippen LogP) is 3.49. The Balaban J connectivity index is 2.20. The first-order chi connectivity index (χ1) is 8.69. The Morgan fingerprint density at radius 1 is 1.33 bits per heavy atom. The summed E-state index contributed by atoms with van der Waals surface area (Å²) in [5.41, 5.74) is 0. The maximum Gasteiger partial charge on any atom is 0.224 e. The molecule has 0 aliphatic rings. The largest absolute Gasteiger partial charge is 0.436 e. The minimum absolute atomic E-state index is 0.0700. The fourth-order valence-electron chi connectivity index (χ4n) is 1.34. The molecule has 2 aromatic rings. The van der Waals surface area contributed by atoms with Crippen LogP contribution >= 0.6 is 11.6 Å². The Bertz CT molecular complexity index is 551. The van der Waals surface area contributed by atoms with Gasteiger partial charge in [-0.3, -0.25) is 0 Å². The Morgan fingerprint density at radius 2 is 2.17 bits per heavy atom. The van der Waals surface area contributed by atoms with Crippen LogP contribution < -0.4 is 10.1 Å². The van der Waals surface area contributed by atoms with Gasteiger partial charge in [0.2, 0.25) is 5.88 Å². The Hall–Kier alpha value is -1.88. The van der Waals surface area contributed by atoms with Crippen LogP contribution in [0, 0.1) is 5.82 Å². The molecule has 0 saturated heterocycles. The molecule has 2 rings (SSSR count). The Morgan fingerprint density at radius 3 is 2.89 bits per heavy atom. The third kappa shape index (κ3) is 3.07. The third-order valence-electron chi connectivity index (χ3n) is 2.11. The first kappa shape index (κ1) is 12.6. The molecule has 0 fully saturated rings. The Kier molecular flexibility index (Phi) is 3.94. The van der Waals surface area contributed by atoms with E-state index >= 15 is 0 Å². The highest BCUT2D eigenvalue weighted by Gasteiger charge is 2.07. The fraction of sp³-hybridized carbons (Fsp3) is 0.167. The molecule has 0 aliphatic carbocycles. The molecule has 0 saturated carbocycles. The van der Waals surface area contributed by atoms with E-state index in [4.69, 9.17) is 16.3 Å². The van der Waals surface area contributed by atoms with Gasteiger partial charge in [-0.05, 0) is 25.1 Å². The van der Waals surface area contributed by atoms with E-state index in [9.17, 15) is 4.39 Å². The average molecular weight is 268 g/mol. The fourth-order valence-corrected chi connectivity index (χ4v) is 1.50. The second kappa shape index (κ2) is 5.64. The summed E-state index contributed by atoms with van der Waals surface area (Å²) in [4.78, 5) is 7.90. The molecule has 0 amide bonds. The lowest BCUT2D eigenvalue weighted by Gasteiger charge is -2.07. The van der Waals surface area contributed by atoms with Crippen molar-refractivity contribution in [3.8, 4) is 11.6 Å². The predicted molar refractivity (Wildman–Crippen MR) is 67.7 cm³/mol. The summed E-state index contributed by atoms with van der Waals surface area (Å²) < 4.78 is 18.8. The molecule has 18 heavy (non-hydrogen) atoms. The number of benzene rings is 1. The molecule has 0 spiro atoms. The first-order valence-electron chi connectivity index (χ1n) is 5.38. The molecule has 1 aromatic carbocycles. The number of anilines is 1. The molecule has 0 radical (unpaired) electrons. The van der Waals surface area contributed by atoms with E-state index in [0.717, 1.165) is 6.54 Å². The molecule has 0 atom stereocenters. The van der Waals surface area contributed by atoms with Crippen LogP contribution in [0.4, 0.5) is 10.2 Å². The van der Waals surface area contributed by atoms with Crippen molar-refractivity contribution in [3.63, 3.8) is 0 Å². The van der Waals surface area contributed by atoms with E-state index in [1.54, 1.807) is 12.1 Å². The number of hydrogen-bond donors (Lipinski definition) is 1. The minimum Gasteiger partial charge on any atom is -0.436 e. The van der Waals surface area contributed by atoms with Crippen LogP contribution in [-0.2, 0) is 0 Å². The number of nitrogens with zero attached hydrogens (tertiary/aromatic N) is 2. The average Bonchev–Trinajstić information content (AvgIpc) is 2.34. The maximum absolute atomic E-state index is 13.5. The van der Waals surface area contributed by atoms with Crippen LogP contribution in [0.1, 0.15) is 6.92 Å². The van der Waals surface area contributed by atoms with Crippen LogP contribution in [0.5, 0.6) is 11.6 Å². The van der Waals surface area contributed by atoms with Gasteiger partial charge in [0.15, 0.2) is 11.6 Å². The van der Waals surface area contributed by atoms with Gasteiger partial charge in [-0.1, -0.05) is 11.6 Å². The van der Waals surface area contributed by atoms with Gasteiger partial charge in [-0.25, -0.2) is 14.4 Å². The zero-order valence-electron chi connectivity index (χ0n) is 9.65. The SMILES string of the molecule is CCNc1cc(Oc2ccc(Cl)cc2F)ncn1. The van der Waals surface area contributed by atoms with Gasteiger partial charge in [-0.2, -0.15) is 0 Å². The van der Waals surface area contributed by atoms with Crippen molar-refractivity contribution >= 4 is 17.4 Å². The van der Waals surface area contributed by atoms with Gasteiger partial charge in [0.25, 0.3) is 0 Å². The minimum atomic E-state index is -0.536. The first-order valence-corrected chi connectivity index (χ1v) is 5.75. The van der Waals surface area contributed by atoms with Crippen molar-refractivity contribution in [3.05, 3.63) is 41.4 Å². The van der Waals surface area contributed by atoms with Crippen molar-refractivity contribution in [1.82, 2.24) is 9.97 Å². The van der Waals surface area contributed by atoms with Gasteiger partial charge in [0.1, 0.15) is 12.1 Å². The van der Waals surface area contributed by atoms with Crippen LogP contribution in [-0.4, -0.2) is 16.5 Å². The second-order valence-electron chi connectivity index (χ2n) is 3.45. The summed E-state index contributed by atoms with van der Waals surface area (Å²) in [7, 11) is 0. The number of ether oxygens (including phenoxy) is 1. The van der Waals surface area contributed by atoms with Crippen LogP contribution in [0.15, 0.2) is 30.6 Å². The van der Waals surface area contributed by atoms with Crippen LogP contribution in [0.2, 0.25) is 5.02 Å². The summed E-state index contributed by atoms with van der Waals surface area (Å²) in [5, 5.41) is 3.33. The molecule has 0 unspecified atom stereocenters. The lowest BCUT2D eigenvalue weighted by atomic mass is 10.3. The van der Waals surface area contributed by atoms with Crippen molar-refractivity contribution < 1.29 is 9.13 Å². The lowest BCUT2D eigenvalue weighted by molar-refractivity contribution is 0.427. The monoisotopic (exact) mass is 267 g/mol. The second-order valence-corrected chi connectivity index (χ2v) is 3.89. The van der Waals surface area contributed by atoms with E-state index < -0.39 is 5.82 Å². The Labute approximate surface area is 109 Å². The molecule has 1 heterocycles. The van der Waals surface area contributed by atoms with E-state index in [1.807, 2.05) is 6.92 Å². The van der Waals surface area contributed by atoms with E-state index in [1.165, 1.54) is 18.5 Å². The van der Waals surface area contributed by atoms with Gasteiger partial charge in [-0.15, -0.1) is 0 Å². The third-order valence-corrected chi connectivity index (χ3v) is 2.34. The summed E-state index contributed by atoms with van der Waals surface area (Å²) >= 11 is 5.66. The van der Waals surface area contributed by atoms with Crippen LogP contribution in [0.3, 0.4) is 0 Å². The normalized spacial score (nSPS) is 10.2. The number of hydrogen-bond acceptors (Lipinski definition) is 4. The summed E-state index contributed by atoms with van der Waals surface area (Å²) in [6, 6.07) is 5.78. The molecule has 1 aromatic heterocycles. The molecule has 1 N–H and O–H groups in total. The highest BCUT2D eigenvalue weighted by Crippen LogP contribution is 2.26. The summed E-state index contributed by atoms with van der Waals surface area (Å²) in [5.74, 6) is 0.422. The molecule has 6 heteroatoms. The van der Waals surface area contributed by atoms with Crippen LogP contribution in [0.25, 0.3) is 0 Å². The summed E-state index contributed by atoms with van der Waals surface area (Å²) in [6.45, 7) is 2.67. The van der Waals surface area contributed by atoms with Gasteiger partial charge in [0.05, 0.1) is 0 Å². The van der Waals surface area contributed by atoms with Crippen molar-refractivity contribution in [2.24, 2.45) is 0 Å². The van der Waals surface area contributed by atoms with Crippen molar-refractivity contribution in [2.75, 3.05) is 11.9 Å². The van der Waals surface area contributed by atoms with E-state index in [0.29, 0.717) is 10.8 Å². The number of rotatable bonds is 4. The van der Waals surface area contributed by atoms with Gasteiger partial charge < -0.3 is 10.1 Å². The number of aromatic nitrogens is 2. The molecule has 0 bridgehead atoms. The van der Waals surface area contributed by atoms with Crippen molar-refractivity contribution in [2.45, 2.75) is 6.92 Å². The summed E-state index contributed by atoms with van der Waals surface area (Å²) in [6.07, 6.45) is 1.35. The quantitative estimate of drug-likeness (QED) is 0.921. The van der Waals surface area contributed by atoms with Gasteiger partial charge >= 0.3 is 0 Å². The zero-order valence-corrected chi connectivity index (χ0v) is 10.4. The smallest absolute Gasteiger partial charge is 0.224 e.